The van der Waals surface area contributed by atoms with Crippen LogP contribution in [0.4, 0.5) is 0 Å². The quantitative estimate of drug-likeness (QED) is 0.710. The maximum atomic E-state index is 3.60. The van der Waals surface area contributed by atoms with Crippen molar-refractivity contribution in [1.29, 1.82) is 0 Å². The maximum absolute atomic E-state index is 3.60. The van der Waals surface area contributed by atoms with Crippen LogP contribution in [0.15, 0.2) is 0 Å². The molecule has 0 aliphatic heterocycles. The molecule has 0 radical (unpaired) electrons. The standard InChI is InChI=1S/C10H21NS/c1-9(8-12-2)11-7-10-5-3-4-6-10/h9-11H,3-8H2,1-2H3. The molecule has 0 amide bonds. The molecule has 0 aromatic rings. The second kappa shape index (κ2) is 5.87. The molecule has 0 bridgehead atoms. The first-order valence-electron chi connectivity index (χ1n) is 5.05. The highest BCUT2D eigenvalue weighted by Crippen LogP contribution is 2.23. The zero-order chi connectivity index (χ0) is 8.81. The second-order valence-corrected chi connectivity index (χ2v) is 4.83. The largest absolute Gasteiger partial charge is 0.313 e. The number of rotatable bonds is 5. The summed E-state index contributed by atoms with van der Waals surface area (Å²) in [7, 11) is 0. The van der Waals surface area contributed by atoms with Gasteiger partial charge in [0, 0.05) is 11.8 Å². The second-order valence-electron chi connectivity index (χ2n) is 3.92. The minimum Gasteiger partial charge on any atom is -0.313 e. The van der Waals surface area contributed by atoms with Crippen molar-refractivity contribution < 1.29 is 0 Å². The van der Waals surface area contributed by atoms with Gasteiger partial charge in [0.05, 0.1) is 0 Å². The fraction of sp³-hybridized carbons (Fsp3) is 1.00. The topological polar surface area (TPSA) is 12.0 Å². The monoisotopic (exact) mass is 187 g/mol. The van der Waals surface area contributed by atoms with Crippen LogP contribution >= 0.6 is 11.8 Å². The van der Waals surface area contributed by atoms with Gasteiger partial charge in [0.1, 0.15) is 0 Å². The van der Waals surface area contributed by atoms with Crippen LogP contribution in [-0.2, 0) is 0 Å². The van der Waals surface area contributed by atoms with Gasteiger partial charge in [0.15, 0.2) is 0 Å². The van der Waals surface area contributed by atoms with Gasteiger partial charge in [-0.25, -0.2) is 0 Å². The van der Waals surface area contributed by atoms with Crippen molar-refractivity contribution in [3.63, 3.8) is 0 Å². The summed E-state index contributed by atoms with van der Waals surface area (Å²) in [6.07, 6.45) is 8.01. The van der Waals surface area contributed by atoms with E-state index in [2.05, 4.69) is 18.5 Å². The molecule has 0 aromatic carbocycles. The van der Waals surface area contributed by atoms with Crippen LogP contribution in [0.3, 0.4) is 0 Å². The number of hydrogen-bond donors (Lipinski definition) is 1. The van der Waals surface area contributed by atoms with E-state index in [9.17, 15) is 0 Å². The number of hydrogen-bond acceptors (Lipinski definition) is 2. The van der Waals surface area contributed by atoms with E-state index in [1.54, 1.807) is 0 Å². The third kappa shape index (κ3) is 3.81. The Hall–Kier alpha value is 0.310. The average Bonchev–Trinajstić information content (AvgIpc) is 2.53. The highest BCUT2D eigenvalue weighted by Gasteiger charge is 2.14. The van der Waals surface area contributed by atoms with E-state index in [0.29, 0.717) is 6.04 Å². The molecule has 1 nitrogen and oxygen atoms in total. The lowest BCUT2D eigenvalue weighted by molar-refractivity contribution is 0.462. The number of thioether (sulfide) groups is 1. The summed E-state index contributed by atoms with van der Waals surface area (Å²) < 4.78 is 0. The molecule has 1 saturated carbocycles. The van der Waals surface area contributed by atoms with Crippen molar-refractivity contribution >= 4 is 11.8 Å². The lowest BCUT2D eigenvalue weighted by atomic mass is 10.1. The lowest BCUT2D eigenvalue weighted by Crippen LogP contribution is -2.32. The molecule has 1 aliphatic rings. The van der Waals surface area contributed by atoms with Crippen LogP contribution in [0.5, 0.6) is 0 Å². The van der Waals surface area contributed by atoms with Gasteiger partial charge in [-0.15, -0.1) is 0 Å². The van der Waals surface area contributed by atoms with Crippen molar-refractivity contribution in [1.82, 2.24) is 5.32 Å². The van der Waals surface area contributed by atoms with Gasteiger partial charge in [-0.05, 0) is 38.5 Å². The van der Waals surface area contributed by atoms with Gasteiger partial charge in [0.25, 0.3) is 0 Å². The van der Waals surface area contributed by atoms with Gasteiger partial charge in [-0.2, -0.15) is 11.8 Å². The maximum Gasteiger partial charge on any atom is 0.0129 e. The first kappa shape index (κ1) is 10.4. The summed E-state index contributed by atoms with van der Waals surface area (Å²) in [5, 5.41) is 3.60. The fourth-order valence-corrected chi connectivity index (χ4v) is 2.51. The van der Waals surface area contributed by atoms with Gasteiger partial charge in [0.2, 0.25) is 0 Å². The summed E-state index contributed by atoms with van der Waals surface area (Å²) in [5.74, 6) is 2.22. The van der Waals surface area contributed by atoms with Gasteiger partial charge in [-0.3, -0.25) is 0 Å². The van der Waals surface area contributed by atoms with E-state index in [-0.39, 0.29) is 0 Å². The summed E-state index contributed by atoms with van der Waals surface area (Å²) in [6.45, 7) is 3.53. The normalized spacial score (nSPS) is 21.5. The van der Waals surface area contributed by atoms with E-state index >= 15 is 0 Å². The molecule has 1 fully saturated rings. The van der Waals surface area contributed by atoms with Gasteiger partial charge < -0.3 is 5.32 Å². The molecule has 1 unspecified atom stereocenters. The Labute approximate surface area is 80.7 Å². The van der Waals surface area contributed by atoms with E-state index in [1.807, 2.05) is 11.8 Å². The fourth-order valence-electron chi connectivity index (χ4n) is 1.89. The van der Waals surface area contributed by atoms with E-state index in [1.165, 1.54) is 38.0 Å². The first-order chi connectivity index (χ1) is 5.83. The Balaban J connectivity index is 1.99. The molecule has 2 heteroatoms. The predicted molar refractivity (Wildman–Crippen MR) is 57.8 cm³/mol. The van der Waals surface area contributed by atoms with Crippen molar-refractivity contribution in [2.75, 3.05) is 18.6 Å². The summed E-state index contributed by atoms with van der Waals surface area (Å²) in [5.41, 5.74) is 0. The predicted octanol–water partition coefficient (Wildman–Crippen LogP) is 2.52. The lowest BCUT2D eigenvalue weighted by Gasteiger charge is -2.15. The molecule has 0 spiro atoms. The Morgan fingerprint density at radius 2 is 2.08 bits per heavy atom. The molecular weight excluding hydrogens is 166 g/mol. The third-order valence-electron chi connectivity index (χ3n) is 2.65. The van der Waals surface area contributed by atoms with Crippen LogP contribution in [0, 0.1) is 5.92 Å². The first-order valence-corrected chi connectivity index (χ1v) is 6.44. The van der Waals surface area contributed by atoms with Crippen LogP contribution in [0.25, 0.3) is 0 Å². The molecule has 0 saturated heterocycles. The zero-order valence-corrected chi connectivity index (χ0v) is 9.12. The van der Waals surface area contributed by atoms with E-state index in [4.69, 9.17) is 0 Å². The van der Waals surface area contributed by atoms with Crippen molar-refractivity contribution in [3.8, 4) is 0 Å². The molecule has 1 aliphatic carbocycles. The summed E-state index contributed by atoms with van der Waals surface area (Å²) in [4.78, 5) is 0. The minimum atomic E-state index is 0.695. The smallest absolute Gasteiger partial charge is 0.0129 e. The van der Waals surface area contributed by atoms with Gasteiger partial charge >= 0.3 is 0 Å². The Morgan fingerprint density at radius 1 is 1.42 bits per heavy atom. The minimum absolute atomic E-state index is 0.695. The molecular formula is C10H21NS. The zero-order valence-electron chi connectivity index (χ0n) is 8.31. The molecule has 72 valence electrons. The average molecular weight is 187 g/mol. The highest BCUT2D eigenvalue weighted by atomic mass is 32.2. The Kier molecular flexibility index (Phi) is 5.08. The van der Waals surface area contributed by atoms with Crippen LogP contribution < -0.4 is 5.32 Å². The Bertz CT molecular complexity index is 110. The van der Waals surface area contributed by atoms with Crippen LogP contribution in [0.2, 0.25) is 0 Å². The van der Waals surface area contributed by atoms with E-state index < -0.39 is 0 Å². The molecule has 12 heavy (non-hydrogen) atoms. The molecule has 0 aromatic heterocycles. The van der Waals surface area contributed by atoms with Crippen molar-refractivity contribution in [3.05, 3.63) is 0 Å². The summed E-state index contributed by atoms with van der Waals surface area (Å²) in [6, 6.07) is 0.695. The van der Waals surface area contributed by atoms with Crippen LogP contribution in [0.1, 0.15) is 32.6 Å². The third-order valence-corrected chi connectivity index (χ3v) is 3.48. The van der Waals surface area contributed by atoms with Gasteiger partial charge in [-0.1, -0.05) is 12.8 Å². The summed E-state index contributed by atoms with van der Waals surface area (Å²) >= 11 is 1.93. The molecule has 1 atom stereocenters. The number of nitrogens with one attached hydrogen (secondary N) is 1. The van der Waals surface area contributed by atoms with Crippen molar-refractivity contribution in [2.45, 2.75) is 38.6 Å². The van der Waals surface area contributed by atoms with Crippen molar-refractivity contribution in [2.24, 2.45) is 5.92 Å². The highest BCUT2D eigenvalue weighted by molar-refractivity contribution is 7.98. The molecule has 1 rings (SSSR count). The SMILES string of the molecule is CSCC(C)NCC1CCCC1. The molecule has 1 N–H and O–H groups in total. The van der Waals surface area contributed by atoms with Crippen LogP contribution in [-0.4, -0.2) is 24.6 Å². The Morgan fingerprint density at radius 3 is 2.67 bits per heavy atom. The molecule has 0 heterocycles. The van der Waals surface area contributed by atoms with E-state index in [0.717, 1.165) is 5.92 Å².